The third-order valence-corrected chi connectivity index (χ3v) is 9.56. The maximum Gasteiger partial charge on any atom is 0.143 e. The van der Waals surface area contributed by atoms with Crippen molar-refractivity contribution in [2.45, 2.75) is 6.92 Å². The molecule has 0 unspecified atom stereocenters. The Kier molecular flexibility index (Phi) is 6.51. The molecule has 0 aliphatic carbocycles. The first-order chi connectivity index (χ1) is 23.7. The van der Waals surface area contributed by atoms with E-state index in [9.17, 15) is 0 Å². The molecule has 0 N–H and O–H groups in total. The van der Waals surface area contributed by atoms with Gasteiger partial charge in [0.2, 0.25) is 0 Å². The number of aromatic nitrogens is 2. The molecule has 3 aromatic heterocycles. The second-order valence-electron chi connectivity index (χ2n) is 12.2. The van der Waals surface area contributed by atoms with Crippen LogP contribution >= 0.6 is 0 Å². The number of para-hydroxylation sites is 3. The van der Waals surface area contributed by atoms with Crippen molar-refractivity contribution in [1.82, 2.24) is 9.13 Å². The molecule has 228 valence electrons. The summed E-state index contributed by atoms with van der Waals surface area (Å²) in [5, 5.41) is 4.72. The van der Waals surface area contributed by atoms with Gasteiger partial charge in [-0.1, -0.05) is 122 Å². The molecule has 0 aliphatic rings. The standard InChI is InChI=1S/C45H32N2O/c1-3-4-17-35-30(2)47(42-27-26-41-40(43(35)42)28-29-46(41)33-15-9-6-10-16-33)34-24-22-32(23-25-34)37-19-12-21-39-38-20-11-18-36(44(38)48-45(37)39)31-13-7-5-8-14-31/h3-29H,1H2,2H3/b17-4-. The van der Waals surface area contributed by atoms with Crippen LogP contribution in [0.2, 0.25) is 0 Å². The van der Waals surface area contributed by atoms with Crippen molar-refractivity contribution in [3.63, 3.8) is 0 Å². The van der Waals surface area contributed by atoms with Crippen LogP contribution in [0.25, 0.3) is 83.4 Å². The number of furan rings is 1. The average molecular weight is 617 g/mol. The van der Waals surface area contributed by atoms with Crippen molar-refractivity contribution < 1.29 is 4.42 Å². The third-order valence-electron chi connectivity index (χ3n) is 9.56. The van der Waals surface area contributed by atoms with Crippen molar-refractivity contribution in [3.8, 4) is 33.6 Å². The van der Waals surface area contributed by atoms with E-state index in [2.05, 4.69) is 168 Å². The van der Waals surface area contributed by atoms with Gasteiger partial charge in [0.15, 0.2) is 0 Å². The van der Waals surface area contributed by atoms with Crippen LogP contribution in [0.1, 0.15) is 11.3 Å². The lowest BCUT2D eigenvalue weighted by Gasteiger charge is -2.11. The summed E-state index contributed by atoms with van der Waals surface area (Å²) in [5.41, 5.74) is 13.3. The van der Waals surface area contributed by atoms with Gasteiger partial charge in [-0.05, 0) is 60.5 Å². The molecule has 9 rings (SSSR count). The molecule has 0 radical (unpaired) electrons. The van der Waals surface area contributed by atoms with Crippen LogP contribution in [0, 0.1) is 6.92 Å². The molecule has 6 aromatic carbocycles. The Bertz CT molecular complexity index is 2670. The monoisotopic (exact) mass is 616 g/mol. The summed E-state index contributed by atoms with van der Waals surface area (Å²) in [5.74, 6) is 0. The fourth-order valence-corrected chi connectivity index (χ4v) is 7.35. The van der Waals surface area contributed by atoms with Crippen molar-refractivity contribution in [2.24, 2.45) is 0 Å². The van der Waals surface area contributed by atoms with Crippen LogP contribution < -0.4 is 0 Å². The molecule has 0 spiro atoms. The van der Waals surface area contributed by atoms with E-state index >= 15 is 0 Å². The molecule has 0 fully saturated rings. The summed E-state index contributed by atoms with van der Waals surface area (Å²) in [7, 11) is 0. The van der Waals surface area contributed by atoms with Crippen LogP contribution in [0.4, 0.5) is 0 Å². The fraction of sp³-hybridized carbons (Fsp3) is 0.0222. The maximum atomic E-state index is 6.71. The Morgan fingerprint density at radius 1 is 0.562 bits per heavy atom. The summed E-state index contributed by atoms with van der Waals surface area (Å²) in [6, 6.07) is 49.4. The van der Waals surface area contributed by atoms with E-state index in [-0.39, 0.29) is 0 Å². The molecule has 9 aromatic rings. The lowest BCUT2D eigenvalue weighted by Crippen LogP contribution is -1.97. The normalized spacial score (nSPS) is 11.9. The number of allylic oxidation sites excluding steroid dienone is 2. The SMILES string of the molecule is C=C/C=C\c1c(C)n(-c2ccc(-c3cccc4c3oc3c(-c5ccccc5)cccc34)cc2)c2ccc3c(ccn3-c3ccccc3)c12. The van der Waals surface area contributed by atoms with Gasteiger partial charge in [0, 0.05) is 61.5 Å². The predicted molar refractivity (Wildman–Crippen MR) is 202 cm³/mol. The molecule has 0 aliphatic heterocycles. The van der Waals surface area contributed by atoms with E-state index in [0.717, 1.165) is 55.6 Å². The molecule has 3 heteroatoms. The molecule has 48 heavy (non-hydrogen) atoms. The summed E-state index contributed by atoms with van der Waals surface area (Å²) in [6.45, 7) is 6.15. The lowest BCUT2D eigenvalue weighted by molar-refractivity contribution is 0.671. The molecule has 0 amide bonds. The third kappa shape index (κ3) is 4.29. The van der Waals surface area contributed by atoms with E-state index in [1.807, 2.05) is 18.2 Å². The average Bonchev–Trinajstić information content (AvgIpc) is 3.83. The van der Waals surface area contributed by atoms with Gasteiger partial charge in [-0.25, -0.2) is 0 Å². The number of hydrogen-bond acceptors (Lipinski definition) is 1. The molecule has 3 nitrogen and oxygen atoms in total. The van der Waals surface area contributed by atoms with Gasteiger partial charge < -0.3 is 13.6 Å². The number of benzene rings is 6. The minimum Gasteiger partial charge on any atom is -0.455 e. The van der Waals surface area contributed by atoms with E-state index in [1.165, 1.54) is 33.1 Å². The Hall–Kier alpha value is -6.32. The van der Waals surface area contributed by atoms with E-state index in [0.29, 0.717) is 0 Å². The Morgan fingerprint density at radius 3 is 1.85 bits per heavy atom. The topological polar surface area (TPSA) is 23.0 Å². The number of fused-ring (bicyclic) bond motifs is 6. The molecule has 0 bridgehead atoms. The first kappa shape index (κ1) is 27.9. The van der Waals surface area contributed by atoms with Gasteiger partial charge in [0.1, 0.15) is 11.2 Å². The summed E-state index contributed by atoms with van der Waals surface area (Å²) >= 11 is 0. The summed E-state index contributed by atoms with van der Waals surface area (Å²) in [6.07, 6.45) is 8.22. The van der Waals surface area contributed by atoms with Crippen molar-refractivity contribution in [2.75, 3.05) is 0 Å². The van der Waals surface area contributed by atoms with Crippen LogP contribution in [0.15, 0.2) is 169 Å². The zero-order valence-corrected chi connectivity index (χ0v) is 26.6. The van der Waals surface area contributed by atoms with Crippen LogP contribution in [0.5, 0.6) is 0 Å². The van der Waals surface area contributed by atoms with Gasteiger partial charge in [-0.15, -0.1) is 0 Å². The fourth-order valence-electron chi connectivity index (χ4n) is 7.35. The van der Waals surface area contributed by atoms with Crippen LogP contribution in [0.3, 0.4) is 0 Å². The molecule has 0 saturated carbocycles. The molecule has 0 saturated heterocycles. The van der Waals surface area contributed by atoms with Crippen LogP contribution in [-0.2, 0) is 0 Å². The largest absolute Gasteiger partial charge is 0.455 e. The zero-order chi connectivity index (χ0) is 32.2. The first-order valence-corrected chi connectivity index (χ1v) is 16.3. The summed E-state index contributed by atoms with van der Waals surface area (Å²) < 4.78 is 11.3. The second-order valence-corrected chi connectivity index (χ2v) is 12.2. The zero-order valence-electron chi connectivity index (χ0n) is 26.6. The van der Waals surface area contributed by atoms with E-state index in [4.69, 9.17) is 4.42 Å². The minimum absolute atomic E-state index is 0.911. The van der Waals surface area contributed by atoms with Gasteiger partial charge in [0.25, 0.3) is 0 Å². The molecule has 3 heterocycles. The highest BCUT2D eigenvalue weighted by atomic mass is 16.3. The van der Waals surface area contributed by atoms with E-state index in [1.54, 1.807) is 0 Å². The number of hydrogen-bond donors (Lipinski definition) is 0. The highest BCUT2D eigenvalue weighted by Gasteiger charge is 2.19. The molecular formula is C45H32N2O. The van der Waals surface area contributed by atoms with Gasteiger partial charge in [-0.2, -0.15) is 0 Å². The first-order valence-electron chi connectivity index (χ1n) is 16.3. The number of rotatable bonds is 6. The summed E-state index contributed by atoms with van der Waals surface area (Å²) in [4.78, 5) is 0. The molecule has 0 atom stereocenters. The minimum atomic E-state index is 0.911. The highest BCUT2D eigenvalue weighted by Crippen LogP contribution is 2.41. The van der Waals surface area contributed by atoms with Crippen molar-refractivity contribution in [1.29, 1.82) is 0 Å². The van der Waals surface area contributed by atoms with Crippen LogP contribution in [-0.4, -0.2) is 9.13 Å². The Morgan fingerprint density at radius 2 is 1.19 bits per heavy atom. The maximum absolute atomic E-state index is 6.71. The van der Waals surface area contributed by atoms with Crippen molar-refractivity contribution >= 4 is 49.8 Å². The lowest BCUT2D eigenvalue weighted by atomic mass is 10.00. The highest BCUT2D eigenvalue weighted by molar-refractivity contribution is 6.13. The second kappa shape index (κ2) is 11.2. The molecular weight excluding hydrogens is 585 g/mol. The van der Waals surface area contributed by atoms with Crippen molar-refractivity contribution in [3.05, 3.63) is 176 Å². The predicted octanol–water partition coefficient (Wildman–Crippen LogP) is 12.3. The Labute approximate surface area is 278 Å². The van der Waals surface area contributed by atoms with Gasteiger partial charge in [-0.3, -0.25) is 0 Å². The quantitative estimate of drug-likeness (QED) is 0.170. The smallest absolute Gasteiger partial charge is 0.143 e. The van der Waals surface area contributed by atoms with E-state index < -0.39 is 0 Å². The van der Waals surface area contributed by atoms with Gasteiger partial charge in [0.05, 0.1) is 11.0 Å². The van der Waals surface area contributed by atoms with Gasteiger partial charge >= 0.3 is 0 Å². The Balaban J connectivity index is 1.18. The number of nitrogens with zero attached hydrogens (tertiary/aromatic N) is 2.